The Balaban J connectivity index is 1.67. The number of anilines is 1. The van der Waals surface area contributed by atoms with Crippen molar-refractivity contribution in [2.45, 2.75) is 38.2 Å². The molecule has 1 heterocycles. The fraction of sp³-hybridized carbons (Fsp3) is 0.423. The standard InChI is InChI=1S/C26H29Cl2NO4/c1-31-24-10-7-18(15-23(24)29(13-11-27)14-12-28)22-17-32-25-16-20(8-9-21(25)26(22)30)33-19-5-3-2-4-6-19/h7-10,15-17,19H,2-6,11-14H2,1H3. The number of methoxy groups -OCH3 is 1. The molecular weight excluding hydrogens is 461 g/mol. The number of hydrogen-bond acceptors (Lipinski definition) is 5. The van der Waals surface area contributed by atoms with E-state index in [0.29, 0.717) is 47.1 Å². The Morgan fingerprint density at radius 2 is 1.79 bits per heavy atom. The largest absolute Gasteiger partial charge is 0.495 e. The molecule has 2 aromatic carbocycles. The van der Waals surface area contributed by atoms with E-state index >= 15 is 0 Å². The first-order valence-corrected chi connectivity index (χ1v) is 12.5. The second-order valence-corrected chi connectivity index (χ2v) is 9.02. The Hall–Kier alpha value is -2.37. The lowest BCUT2D eigenvalue weighted by Crippen LogP contribution is -2.28. The van der Waals surface area contributed by atoms with Crippen LogP contribution in [0, 0.1) is 0 Å². The SMILES string of the molecule is COc1ccc(-c2coc3cc(OC4CCCCC4)ccc3c2=O)cc1N(CCCl)CCCl. The number of fused-ring (bicyclic) bond motifs is 1. The third-order valence-electron chi connectivity index (χ3n) is 6.14. The summed E-state index contributed by atoms with van der Waals surface area (Å²) in [6.45, 7) is 1.23. The van der Waals surface area contributed by atoms with Crippen LogP contribution in [0.1, 0.15) is 32.1 Å². The minimum Gasteiger partial charge on any atom is -0.495 e. The molecule has 7 heteroatoms. The van der Waals surface area contributed by atoms with E-state index in [4.69, 9.17) is 37.1 Å². The molecule has 0 spiro atoms. The molecule has 1 saturated carbocycles. The van der Waals surface area contributed by atoms with Gasteiger partial charge < -0.3 is 18.8 Å². The number of benzene rings is 2. The molecule has 0 saturated heterocycles. The van der Waals surface area contributed by atoms with E-state index in [1.165, 1.54) is 25.5 Å². The Kier molecular flexibility index (Phi) is 8.05. The molecule has 3 aromatic rings. The van der Waals surface area contributed by atoms with E-state index in [-0.39, 0.29) is 11.5 Å². The van der Waals surface area contributed by atoms with Gasteiger partial charge in [-0.3, -0.25) is 4.79 Å². The highest BCUT2D eigenvalue weighted by Gasteiger charge is 2.18. The average Bonchev–Trinajstić information content (AvgIpc) is 2.84. The molecule has 0 aliphatic heterocycles. The summed E-state index contributed by atoms with van der Waals surface area (Å²) in [5.41, 5.74) is 2.52. The second kappa shape index (κ2) is 11.2. The minimum absolute atomic E-state index is 0.0854. The van der Waals surface area contributed by atoms with Crippen LogP contribution >= 0.6 is 23.2 Å². The lowest BCUT2D eigenvalue weighted by atomic mass is 9.98. The van der Waals surface area contributed by atoms with Crippen molar-refractivity contribution in [2.24, 2.45) is 0 Å². The molecular formula is C26H29Cl2NO4. The third kappa shape index (κ3) is 5.42. The number of rotatable bonds is 9. The Labute approximate surface area is 204 Å². The first-order valence-electron chi connectivity index (χ1n) is 11.4. The molecule has 4 rings (SSSR count). The second-order valence-electron chi connectivity index (χ2n) is 8.27. The van der Waals surface area contributed by atoms with E-state index in [2.05, 4.69) is 4.90 Å². The Morgan fingerprint density at radius 3 is 2.48 bits per heavy atom. The highest BCUT2D eigenvalue weighted by atomic mass is 35.5. The number of alkyl halides is 2. The fourth-order valence-corrected chi connectivity index (χ4v) is 4.83. The van der Waals surface area contributed by atoms with Crippen LogP contribution in [0.3, 0.4) is 0 Å². The average molecular weight is 490 g/mol. The van der Waals surface area contributed by atoms with Crippen LogP contribution in [0.15, 0.2) is 51.9 Å². The summed E-state index contributed by atoms with van der Waals surface area (Å²) in [7, 11) is 1.62. The highest BCUT2D eigenvalue weighted by Crippen LogP contribution is 2.34. The summed E-state index contributed by atoms with van der Waals surface area (Å²) in [5.74, 6) is 2.35. The molecule has 1 aliphatic rings. The van der Waals surface area contributed by atoms with Gasteiger partial charge in [0, 0.05) is 30.9 Å². The summed E-state index contributed by atoms with van der Waals surface area (Å²) < 4.78 is 17.6. The summed E-state index contributed by atoms with van der Waals surface area (Å²) in [4.78, 5) is 15.4. The van der Waals surface area contributed by atoms with Crippen molar-refractivity contribution in [3.63, 3.8) is 0 Å². The minimum atomic E-state index is -0.0854. The molecule has 0 amide bonds. The molecule has 33 heavy (non-hydrogen) atoms. The van der Waals surface area contributed by atoms with Gasteiger partial charge in [0.1, 0.15) is 23.3 Å². The molecule has 1 aromatic heterocycles. The zero-order valence-electron chi connectivity index (χ0n) is 18.8. The molecule has 1 aliphatic carbocycles. The number of halogens is 2. The van der Waals surface area contributed by atoms with Crippen LogP contribution < -0.4 is 19.8 Å². The van der Waals surface area contributed by atoms with E-state index in [1.807, 2.05) is 30.3 Å². The van der Waals surface area contributed by atoms with E-state index in [9.17, 15) is 4.79 Å². The molecule has 5 nitrogen and oxygen atoms in total. The lowest BCUT2D eigenvalue weighted by Gasteiger charge is -2.25. The zero-order chi connectivity index (χ0) is 23.2. The smallest absolute Gasteiger partial charge is 0.200 e. The van der Waals surface area contributed by atoms with Gasteiger partial charge in [-0.15, -0.1) is 23.2 Å². The quantitative estimate of drug-likeness (QED) is 0.322. The van der Waals surface area contributed by atoms with Crippen molar-refractivity contribution in [1.29, 1.82) is 0 Å². The van der Waals surface area contributed by atoms with Crippen molar-refractivity contribution in [3.05, 3.63) is 52.9 Å². The molecule has 0 unspecified atom stereocenters. The number of ether oxygens (including phenoxy) is 2. The zero-order valence-corrected chi connectivity index (χ0v) is 20.3. The third-order valence-corrected chi connectivity index (χ3v) is 6.48. The van der Waals surface area contributed by atoms with Gasteiger partial charge in [0.2, 0.25) is 0 Å². The normalized spacial score (nSPS) is 14.4. The van der Waals surface area contributed by atoms with Crippen LogP contribution in [-0.4, -0.2) is 38.1 Å². The molecule has 0 atom stereocenters. The van der Waals surface area contributed by atoms with Gasteiger partial charge in [-0.25, -0.2) is 0 Å². The maximum Gasteiger partial charge on any atom is 0.200 e. The summed E-state index contributed by atoms with van der Waals surface area (Å²) in [6.07, 6.45) is 7.59. The number of hydrogen-bond donors (Lipinski definition) is 0. The van der Waals surface area contributed by atoms with Crippen molar-refractivity contribution in [1.82, 2.24) is 0 Å². The maximum absolute atomic E-state index is 13.3. The van der Waals surface area contributed by atoms with Gasteiger partial charge >= 0.3 is 0 Å². The maximum atomic E-state index is 13.3. The predicted octanol–water partition coefficient (Wildman–Crippen LogP) is 6.46. The van der Waals surface area contributed by atoms with Crippen molar-refractivity contribution in [3.8, 4) is 22.6 Å². The Morgan fingerprint density at radius 1 is 1.03 bits per heavy atom. The van der Waals surface area contributed by atoms with E-state index in [0.717, 1.165) is 29.8 Å². The summed E-state index contributed by atoms with van der Waals surface area (Å²) in [5, 5.41) is 0.527. The van der Waals surface area contributed by atoms with Crippen molar-refractivity contribution >= 4 is 39.9 Å². The number of nitrogens with zero attached hydrogens (tertiary/aromatic N) is 1. The fourth-order valence-electron chi connectivity index (χ4n) is 4.42. The summed E-state index contributed by atoms with van der Waals surface area (Å²) in [6, 6.07) is 11.1. The first kappa shape index (κ1) is 23.8. The Bertz CT molecular complexity index is 1130. The lowest BCUT2D eigenvalue weighted by molar-refractivity contribution is 0.155. The van der Waals surface area contributed by atoms with Gasteiger partial charge in [0.25, 0.3) is 0 Å². The van der Waals surface area contributed by atoms with E-state index < -0.39 is 0 Å². The summed E-state index contributed by atoms with van der Waals surface area (Å²) >= 11 is 12.0. The van der Waals surface area contributed by atoms with Gasteiger partial charge in [0.15, 0.2) is 5.43 Å². The van der Waals surface area contributed by atoms with Gasteiger partial charge in [-0.1, -0.05) is 12.5 Å². The molecule has 0 N–H and O–H groups in total. The van der Waals surface area contributed by atoms with Gasteiger partial charge in [-0.05, 0) is 55.5 Å². The topological polar surface area (TPSA) is 51.9 Å². The first-order chi connectivity index (χ1) is 16.1. The predicted molar refractivity (Wildman–Crippen MR) is 136 cm³/mol. The van der Waals surface area contributed by atoms with Crippen LogP contribution in [0.2, 0.25) is 0 Å². The van der Waals surface area contributed by atoms with Crippen LogP contribution in [0.25, 0.3) is 22.1 Å². The van der Waals surface area contributed by atoms with Gasteiger partial charge in [0.05, 0.1) is 29.9 Å². The molecule has 0 radical (unpaired) electrons. The van der Waals surface area contributed by atoms with Crippen molar-refractivity contribution in [2.75, 3.05) is 36.9 Å². The van der Waals surface area contributed by atoms with Gasteiger partial charge in [-0.2, -0.15) is 0 Å². The van der Waals surface area contributed by atoms with Crippen LogP contribution in [0.5, 0.6) is 11.5 Å². The molecule has 0 bridgehead atoms. The molecule has 176 valence electrons. The van der Waals surface area contributed by atoms with Crippen LogP contribution in [-0.2, 0) is 0 Å². The molecule has 1 fully saturated rings. The monoisotopic (exact) mass is 489 g/mol. The van der Waals surface area contributed by atoms with Crippen LogP contribution in [0.4, 0.5) is 5.69 Å². The highest BCUT2D eigenvalue weighted by molar-refractivity contribution is 6.18. The van der Waals surface area contributed by atoms with Crippen molar-refractivity contribution < 1.29 is 13.9 Å². The van der Waals surface area contributed by atoms with E-state index in [1.54, 1.807) is 13.2 Å².